The summed E-state index contributed by atoms with van der Waals surface area (Å²) >= 11 is 0. The van der Waals surface area contributed by atoms with E-state index in [-0.39, 0.29) is 5.82 Å². The average molecular weight is 237 g/mol. The first-order chi connectivity index (χ1) is 8.20. The van der Waals surface area contributed by atoms with Crippen LogP contribution in [-0.2, 0) is 11.2 Å². The SMILES string of the molecule is CCOCC(C)NC1CCc2cc(F)ccc21. The van der Waals surface area contributed by atoms with Gasteiger partial charge in [0, 0.05) is 18.7 Å². The molecule has 0 aliphatic heterocycles. The fraction of sp³-hybridized carbons (Fsp3) is 0.571. The van der Waals surface area contributed by atoms with Gasteiger partial charge in [-0.25, -0.2) is 4.39 Å². The molecule has 0 amide bonds. The molecular weight excluding hydrogens is 217 g/mol. The lowest BCUT2D eigenvalue weighted by Crippen LogP contribution is -2.33. The Morgan fingerprint density at radius 2 is 2.35 bits per heavy atom. The Morgan fingerprint density at radius 3 is 3.12 bits per heavy atom. The van der Waals surface area contributed by atoms with Crippen molar-refractivity contribution >= 4 is 0 Å². The normalized spacial score (nSPS) is 20.3. The number of nitrogens with one attached hydrogen (secondary N) is 1. The number of hydrogen-bond acceptors (Lipinski definition) is 2. The Labute approximate surface area is 102 Å². The lowest BCUT2D eigenvalue weighted by molar-refractivity contribution is 0.123. The van der Waals surface area contributed by atoms with Gasteiger partial charge in [0.15, 0.2) is 0 Å². The van der Waals surface area contributed by atoms with Gasteiger partial charge in [0.1, 0.15) is 5.82 Å². The predicted molar refractivity (Wildman–Crippen MR) is 66.6 cm³/mol. The number of fused-ring (bicyclic) bond motifs is 1. The maximum atomic E-state index is 13.1. The molecule has 0 saturated carbocycles. The number of aryl methyl sites for hydroxylation is 1. The highest BCUT2D eigenvalue weighted by Gasteiger charge is 2.23. The molecular formula is C14H20FNO. The molecule has 2 atom stereocenters. The molecule has 1 aromatic carbocycles. The van der Waals surface area contributed by atoms with Crippen LogP contribution in [0.1, 0.15) is 37.4 Å². The summed E-state index contributed by atoms with van der Waals surface area (Å²) in [5.74, 6) is -0.133. The smallest absolute Gasteiger partial charge is 0.123 e. The van der Waals surface area contributed by atoms with Gasteiger partial charge in [0.25, 0.3) is 0 Å². The minimum absolute atomic E-state index is 0.133. The number of benzene rings is 1. The van der Waals surface area contributed by atoms with Crippen molar-refractivity contribution in [1.29, 1.82) is 0 Å². The van der Waals surface area contributed by atoms with Crippen LogP contribution in [0.4, 0.5) is 4.39 Å². The highest BCUT2D eigenvalue weighted by atomic mass is 19.1. The highest BCUT2D eigenvalue weighted by Crippen LogP contribution is 2.31. The van der Waals surface area contributed by atoms with Crippen LogP contribution in [0.5, 0.6) is 0 Å². The molecule has 17 heavy (non-hydrogen) atoms. The average Bonchev–Trinajstić information content (AvgIpc) is 2.69. The molecule has 2 rings (SSSR count). The number of hydrogen-bond donors (Lipinski definition) is 1. The number of halogens is 1. The van der Waals surface area contributed by atoms with Gasteiger partial charge in [0.05, 0.1) is 6.61 Å². The van der Waals surface area contributed by atoms with Crippen LogP contribution in [-0.4, -0.2) is 19.3 Å². The molecule has 2 nitrogen and oxygen atoms in total. The van der Waals surface area contributed by atoms with E-state index in [1.807, 2.05) is 13.0 Å². The van der Waals surface area contributed by atoms with Crippen LogP contribution in [0.15, 0.2) is 18.2 Å². The summed E-state index contributed by atoms with van der Waals surface area (Å²) in [6, 6.07) is 5.79. The van der Waals surface area contributed by atoms with Crippen molar-refractivity contribution in [2.75, 3.05) is 13.2 Å². The predicted octanol–water partition coefficient (Wildman–Crippen LogP) is 2.83. The molecule has 2 unspecified atom stereocenters. The van der Waals surface area contributed by atoms with Gasteiger partial charge in [-0.3, -0.25) is 0 Å². The van der Waals surface area contributed by atoms with Gasteiger partial charge in [-0.15, -0.1) is 0 Å². The summed E-state index contributed by atoms with van der Waals surface area (Å²) in [5.41, 5.74) is 2.39. The van der Waals surface area contributed by atoms with Crippen molar-refractivity contribution in [3.63, 3.8) is 0 Å². The maximum Gasteiger partial charge on any atom is 0.123 e. The minimum atomic E-state index is -0.133. The Morgan fingerprint density at radius 1 is 1.53 bits per heavy atom. The fourth-order valence-corrected chi connectivity index (χ4v) is 2.45. The van der Waals surface area contributed by atoms with Crippen molar-refractivity contribution < 1.29 is 9.13 Å². The van der Waals surface area contributed by atoms with E-state index in [0.29, 0.717) is 12.1 Å². The van der Waals surface area contributed by atoms with E-state index in [2.05, 4.69) is 12.2 Å². The summed E-state index contributed by atoms with van der Waals surface area (Å²) in [7, 11) is 0. The largest absolute Gasteiger partial charge is 0.380 e. The molecule has 0 saturated heterocycles. The Kier molecular flexibility index (Phi) is 4.13. The van der Waals surface area contributed by atoms with E-state index in [9.17, 15) is 4.39 Å². The van der Waals surface area contributed by atoms with Gasteiger partial charge in [0.2, 0.25) is 0 Å². The molecule has 94 valence electrons. The standard InChI is InChI=1S/C14H20FNO/c1-3-17-9-10(2)16-14-7-4-11-8-12(15)5-6-13(11)14/h5-6,8,10,14,16H,3-4,7,9H2,1-2H3. The topological polar surface area (TPSA) is 21.3 Å². The zero-order valence-electron chi connectivity index (χ0n) is 10.5. The third-order valence-corrected chi connectivity index (χ3v) is 3.24. The van der Waals surface area contributed by atoms with Crippen LogP contribution in [0, 0.1) is 5.82 Å². The molecule has 3 heteroatoms. The lowest BCUT2D eigenvalue weighted by atomic mass is 10.1. The molecule has 1 N–H and O–H groups in total. The van der Waals surface area contributed by atoms with E-state index in [1.165, 1.54) is 5.56 Å². The summed E-state index contributed by atoms with van der Waals surface area (Å²) in [6.45, 7) is 5.60. The third-order valence-electron chi connectivity index (χ3n) is 3.24. The van der Waals surface area contributed by atoms with Gasteiger partial charge in [-0.2, -0.15) is 0 Å². The number of rotatable bonds is 5. The van der Waals surface area contributed by atoms with Gasteiger partial charge >= 0.3 is 0 Å². The summed E-state index contributed by atoms with van der Waals surface area (Å²) in [4.78, 5) is 0. The highest BCUT2D eigenvalue weighted by molar-refractivity contribution is 5.35. The number of ether oxygens (including phenoxy) is 1. The second-order valence-corrected chi connectivity index (χ2v) is 4.66. The molecule has 0 radical (unpaired) electrons. The quantitative estimate of drug-likeness (QED) is 0.850. The van der Waals surface area contributed by atoms with Crippen LogP contribution in [0.25, 0.3) is 0 Å². The maximum absolute atomic E-state index is 13.1. The van der Waals surface area contributed by atoms with Gasteiger partial charge < -0.3 is 10.1 Å². The third kappa shape index (κ3) is 3.05. The lowest BCUT2D eigenvalue weighted by Gasteiger charge is -2.20. The van der Waals surface area contributed by atoms with Crippen molar-refractivity contribution in [3.05, 3.63) is 35.1 Å². The van der Waals surface area contributed by atoms with E-state index in [0.717, 1.165) is 31.6 Å². The second-order valence-electron chi connectivity index (χ2n) is 4.66. The van der Waals surface area contributed by atoms with Gasteiger partial charge in [-0.05, 0) is 49.9 Å². The van der Waals surface area contributed by atoms with Crippen molar-refractivity contribution in [2.24, 2.45) is 0 Å². The Hall–Kier alpha value is -0.930. The molecule has 1 aliphatic rings. The minimum Gasteiger partial charge on any atom is -0.380 e. The zero-order valence-corrected chi connectivity index (χ0v) is 10.5. The first-order valence-electron chi connectivity index (χ1n) is 6.32. The summed E-state index contributed by atoms with van der Waals surface area (Å²) in [6.07, 6.45) is 2.02. The first-order valence-corrected chi connectivity index (χ1v) is 6.32. The van der Waals surface area contributed by atoms with Crippen LogP contribution in [0.2, 0.25) is 0 Å². The van der Waals surface area contributed by atoms with Crippen molar-refractivity contribution in [2.45, 2.75) is 38.8 Å². The molecule has 0 heterocycles. The Balaban J connectivity index is 1.97. The van der Waals surface area contributed by atoms with Gasteiger partial charge in [-0.1, -0.05) is 6.07 Å². The second kappa shape index (κ2) is 5.61. The molecule has 0 spiro atoms. The van der Waals surface area contributed by atoms with E-state index >= 15 is 0 Å². The molecule has 1 aliphatic carbocycles. The van der Waals surface area contributed by atoms with Crippen LogP contribution >= 0.6 is 0 Å². The zero-order chi connectivity index (χ0) is 12.3. The molecule has 1 aromatic rings. The van der Waals surface area contributed by atoms with Crippen LogP contribution < -0.4 is 5.32 Å². The summed E-state index contributed by atoms with van der Waals surface area (Å²) in [5, 5.41) is 3.54. The van der Waals surface area contributed by atoms with Crippen molar-refractivity contribution in [3.8, 4) is 0 Å². The molecule has 0 fully saturated rings. The fourth-order valence-electron chi connectivity index (χ4n) is 2.45. The van der Waals surface area contributed by atoms with Crippen molar-refractivity contribution in [1.82, 2.24) is 5.32 Å². The first kappa shape index (κ1) is 12.5. The molecule has 0 aromatic heterocycles. The molecule has 0 bridgehead atoms. The Bertz CT molecular complexity index is 380. The monoisotopic (exact) mass is 237 g/mol. The van der Waals surface area contributed by atoms with Crippen LogP contribution in [0.3, 0.4) is 0 Å². The van der Waals surface area contributed by atoms with E-state index in [1.54, 1.807) is 12.1 Å². The van der Waals surface area contributed by atoms with E-state index < -0.39 is 0 Å². The van der Waals surface area contributed by atoms with E-state index in [4.69, 9.17) is 4.74 Å². The summed E-state index contributed by atoms with van der Waals surface area (Å²) < 4.78 is 18.5.